The Balaban J connectivity index is 2.07. The molecular formula is C20H20FN3O2. The van der Waals surface area contributed by atoms with E-state index >= 15 is 0 Å². The van der Waals surface area contributed by atoms with Crippen LogP contribution in [0, 0.1) is 5.82 Å². The third-order valence-electron chi connectivity index (χ3n) is 4.58. The number of carbonyl (C=O) groups is 1. The van der Waals surface area contributed by atoms with Crippen molar-refractivity contribution in [2.24, 2.45) is 7.05 Å². The quantitative estimate of drug-likeness (QED) is 0.723. The summed E-state index contributed by atoms with van der Waals surface area (Å²) in [4.78, 5) is 27.1. The van der Waals surface area contributed by atoms with Crippen molar-refractivity contribution in [3.8, 4) is 0 Å². The number of aromatic nitrogens is 2. The first-order valence-electron chi connectivity index (χ1n) is 8.46. The lowest BCUT2D eigenvalue weighted by Crippen LogP contribution is -2.35. The van der Waals surface area contributed by atoms with Crippen molar-refractivity contribution in [3.63, 3.8) is 0 Å². The minimum Gasteiger partial charge on any atom is -0.331 e. The summed E-state index contributed by atoms with van der Waals surface area (Å²) in [6.07, 6.45) is 0. The molecule has 1 heterocycles. The minimum absolute atomic E-state index is 0.235. The van der Waals surface area contributed by atoms with Gasteiger partial charge in [-0.3, -0.25) is 9.59 Å². The first kappa shape index (κ1) is 17.8. The molecule has 134 valence electrons. The Morgan fingerprint density at radius 2 is 1.77 bits per heavy atom. The Morgan fingerprint density at radius 3 is 2.38 bits per heavy atom. The number of halogens is 1. The van der Waals surface area contributed by atoms with E-state index < -0.39 is 0 Å². The molecule has 0 spiro atoms. The van der Waals surface area contributed by atoms with Crippen LogP contribution in [0.3, 0.4) is 0 Å². The molecule has 2 aromatic carbocycles. The van der Waals surface area contributed by atoms with Gasteiger partial charge in [-0.1, -0.05) is 30.3 Å². The van der Waals surface area contributed by atoms with E-state index in [0.29, 0.717) is 17.3 Å². The van der Waals surface area contributed by atoms with Gasteiger partial charge in [0.25, 0.3) is 11.5 Å². The number of rotatable bonds is 4. The molecule has 6 heteroatoms. The number of nitrogens with zero attached hydrogens (tertiary/aromatic N) is 3. The SMILES string of the molecule is CCN(C(=O)c1nn(C)c(=O)c2ccccc12)[C@@H](C)c1ccc(F)cc1. The van der Waals surface area contributed by atoms with Crippen molar-refractivity contribution < 1.29 is 9.18 Å². The number of aryl methyl sites for hydroxylation is 1. The zero-order chi connectivity index (χ0) is 18.8. The molecule has 0 fully saturated rings. The lowest BCUT2D eigenvalue weighted by molar-refractivity contribution is 0.0696. The minimum atomic E-state index is -0.318. The van der Waals surface area contributed by atoms with Gasteiger partial charge in [-0.05, 0) is 37.6 Å². The normalized spacial score (nSPS) is 12.2. The first-order chi connectivity index (χ1) is 12.4. The molecule has 1 atom stereocenters. The summed E-state index contributed by atoms with van der Waals surface area (Å²) in [7, 11) is 1.53. The summed E-state index contributed by atoms with van der Waals surface area (Å²) in [5.74, 6) is -0.586. The van der Waals surface area contributed by atoms with Gasteiger partial charge in [0.2, 0.25) is 0 Å². The van der Waals surface area contributed by atoms with E-state index in [0.717, 1.165) is 5.56 Å². The van der Waals surface area contributed by atoms with Gasteiger partial charge >= 0.3 is 0 Å². The highest BCUT2D eigenvalue weighted by Crippen LogP contribution is 2.24. The molecule has 5 nitrogen and oxygen atoms in total. The van der Waals surface area contributed by atoms with Gasteiger partial charge in [0.05, 0.1) is 11.4 Å². The highest BCUT2D eigenvalue weighted by molar-refractivity contribution is 6.04. The second kappa shape index (κ2) is 7.07. The lowest BCUT2D eigenvalue weighted by atomic mass is 10.1. The standard InChI is InChI=1S/C20H20FN3O2/c1-4-24(13(2)14-9-11-15(21)12-10-14)20(26)18-16-7-5-6-8-17(16)19(25)23(3)22-18/h5-13H,4H2,1-3H3/t13-/m0/s1. The molecule has 0 saturated carbocycles. The third kappa shape index (κ3) is 3.10. The lowest BCUT2D eigenvalue weighted by Gasteiger charge is -2.28. The van der Waals surface area contributed by atoms with E-state index in [1.54, 1.807) is 41.3 Å². The maximum Gasteiger partial charge on any atom is 0.275 e. The van der Waals surface area contributed by atoms with Crippen molar-refractivity contribution >= 4 is 16.7 Å². The van der Waals surface area contributed by atoms with Gasteiger partial charge in [-0.25, -0.2) is 9.07 Å². The van der Waals surface area contributed by atoms with Crippen LogP contribution in [0.4, 0.5) is 4.39 Å². The van der Waals surface area contributed by atoms with Crippen LogP contribution in [0.25, 0.3) is 10.8 Å². The molecular weight excluding hydrogens is 333 g/mol. The maximum atomic E-state index is 13.2. The Hall–Kier alpha value is -3.02. The van der Waals surface area contributed by atoms with Gasteiger partial charge in [0.15, 0.2) is 5.69 Å². The van der Waals surface area contributed by atoms with Crippen molar-refractivity contribution in [3.05, 3.63) is 76.0 Å². The van der Waals surface area contributed by atoms with Gasteiger partial charge < -0.3 is 4.90 Å². The van der Waals surface area contributed by atoms with Crippen LogP contribution in [0.5, 0.6) is 0 Å². The molecule has 0 N–H and O–H groups in total. The van der Waals surface area contributed by atoms with E-state index in [1.807, 2.05) is 13.8 Å². The van der Waals surface area contributed by atoms with E-state index in [2.05, 4.69) is 5.10 Å². The fourth-order valence-electron chi connectivity index (χ4n) is 3.11. The highest BCUT2D eigenvalue weighted by atomic mass is 19.1. The first-order valence-corrected chi connectivity index (χ1v) is 8.46. The Labute approximate surface area is 150 Å². The predicted molar refractivity (Wildman–Crippen MR) is 98.5 cm³/mol. The van der Waals surface area contributed by atoms with Crippen molar-refractivity contribution in [2.45, 2.75) is 19.9 Å². The van der Waals surface area contributed by atoms with Gasteiger partial charge in [0, 0.05) is 19.0 Å². The average molecular weight is 353 g/mol. The molecule has 26 heavy (non-hydrogen) atoms. The van der Waals surface area contributed by atoms with Crippen LogP contribution in [0.15, 0.2) is 53.3 Å². The molecule has 0 radical (unpaired) electrons. The summed E-state index contributed by atoms with van der Waals surface area (Å²) >= 11 is 0. The molecule has 0 aliphatic rings. The second-order valence-corrected chi connectivity index (χ2v) is 6.14. The molecule has 0 bridgehead atoms. The number of hydrogen-bond donors (Lipinski definition) is 0. The van der Waals surface area contributed by atoms with Crippen molar-refractivity contribution in [1.29, 1.82) is 0 Å². The predicted octanol–water partition coefficient (Wildman–Crippen LogP) is 3.30. The Bertz CT molecular complexity index is 1010. The topological polar surface area (TPSA) is 55.2 Å². The summed E-state index contributed by atoms with van der Waals surface area (Å²) in [5.41, 5.74) is 0.820. The second-order valence-electron chi connectivity index (χ2n) is 6.14. The number of carbonyl (C=O) groups excluding carboxylic acids is 1. The van der Waals surface area contributed by atoms with Crippen LogP contribution in [-0.2, 0) is 7.05 Å². The summed E-state index contributed by atoms with van der Waals surface area (Å²) in [6.45, 7) is 4.22. The number of hydrogen-bond acceptors (Lipinski definition) is 3. The monoisotopic (exact) mass is 353 g/mol. The van der Waals surface area contributed by atoms with Crippen LogP contribution < -0.4 is 5.56 Å². The molecule has 1 amide bonds. The average Bonchev–Trinajstić information content (AvgIpc) is 2.65. The zero-order valence-electron chi connectivity index (χ0n) is 14.9. The smallest absolute Gasteiger partial charge is 0.275 e. The van der Waals surface area contributed by atoms with E-state index in [9.17, 15) is 14.0 Å². The van der Waals surface area contributed by atoms with Crippen molar-refractivity contribution in [2.75, 3.05) is 6.54 Å². The number of fused-ring (bicyclic) bond motifs is 1. The van der Waals surface area contributed by atoms with Crippen LogP contribution in [0.2, 0.25) is 0 Å². The molecule has 1 aromatic heterocycles. The molecule has 3 aromatic rings. The summed E-state index contributed by atoms with van der Waals surface area (Å²) < 4.78 is 14.4. The number of amides is 1. The van der Waals surface area contributed by atoms with Crippen molar-refractivity contribution in [1.82, 2.24) is 14.7 Å². The molecule has 0 unspecified atom stereocenters. The largest absolute Gasteiger partial charge is 0.331 e. The Morgan fingerprint density at radius 1 is 1.15 bits per heavy atom. The Kier molecular flexibility index (Phi) is 4.84. The van der Waals surface area contributed by atoms with E-state index in [4.69, 9.17) is 0 Å². The van der Waals surface area contributed by atoms with Crippen LogP contribution in [0.1, 0.15) is 35.9 Å². The molecule has 3 rings (SSSR count). The summed E-state index contributed by atoms with van der Waals surface area (Å²) in [6, 6.07) is 12.8. The number of benzene rings is 2. The highest BCUT2D eigenvalue weighted by Gasteiger charge is 2.25. The zero-order valence-corrected chi connectivity index (χ0v) is 14.9. The fourth-order valence-corrected chi connectivity index (χ4v) is 3.11. The fraction of sp³-hybridized carbons (Fsp3) is 0.250. The van der Waals surface area contributed by atoms with Gasteiger partial charge in [0.1, 0.15) is 5.82 Å². The molecule has 0 aliphatic carbocycles. The van der Waals surface area contributed by atoms with E-state index in [1.165, 1.54) is 23.9 Å². The van der Waals surface area contributed by atoms with Gasteiger partial charge in [-0.2, -0.15) is 5.10 Å². The van der Waals surface area contributed by atoms with Crippen LogP contribution >= 0.6 is 0 Å². The third-order valence-corrected chi connectivity index (χ3v) is 4.58. The molecule has 0 saturated heterocycles. The van der Waals surface area contributed by atoms with E-state index in [-0.39, 0.29) is 29.0 Å². The van der Waals surface area contributed by atoms with Crippen LogP contribution in [-0.4, -0.2) is 27.1 Å². The summed E-state index contributed by atoms with van der Waals surface area (Å²) in [5, 5.41) is 5.20. The maximum absolute atomic E-state index is 13.2. The molecule has 0 aliphatic heterocycles. The van der Waals surface area contributed by atoms with Gasteiger partial charge in [-0.15, -0.1) is 0 Å².